The summed E-state index contributed by atoms with van der Waals surface area (Å²) < 4.78 is 5.39. The van der Waals surface area contributed by atoms with Crippen molar-refractivity contribution in [3.05, 3.63) is 67.0 Å². The molecule has 2 aromatic rings. The highest BCUT2D eigenvalue weighted by atomic mass is 16.5. The molecule has 4 heteroatoms. The number of ether oxygens (including phenoxy) is 1. The van der Waals surface area contributed by atoms with Crippen LogP contribution in [-0.4, -0.2) is 12.9 Å². The van der Waals surface area contributed by atoms with E-state index in [1.807, 2.05) is 61.5 Å². The molecule has 0 aliphatic rings. The van der Waals surface area contributed by atoms with Crippen LogP contribution in [0.2, 0.25) is 0 Å². The second kappa shape index (κ2) is 7.75. The third-order valence-corrected chi connectivity index (χ3v) is 2.68. The van der Waals surface area contributed by atoms with Crippen LogP contribution in [0.3, 0.4) is 0 Å². The predicted molar refractivity (Wildman–Crippen MR) is 88.9 cm³/mol. The predicted octanol–water partition coefficient (Wildman–Crippen LogP) is 4.11. The van der Waals surface area contributed by atoms with Crippen LogP contribution in [0.15, 0.2) is 72.0 Å². The van der Waals surface area contributed by atoms with Crippen molar-refractivity contribution < 1.29 is 4.74 Å². The van der Waals surface area contributed by atoms with Gasteiger partial charge in [-0.05, 0) is 43.3 Å². The number of aliphatic imine (C=N–C) groups is 1. The van der Waals surface area contributed by atoms with Gasteiger partial charge in [-0.1, -0.05) is 24.8 Å². The number of anilines is 2. The number of hydrogen-bond acceptors (Lipinski definition) is 3. The number of para-hydroxylation sites is 1. The summed E-state index contributed by atoms with van der Waals surface area (Å²) in [5.41, 5.74) is 1.90. The second-order valence-corrected chi connectivity index (χ2v) is 4.30. The first-order valence-corrected chi connectivity index (χ1v) is 6.81. The normalized spacial score (nSPS) is 10.3. The van der Waals surface area contributed by atoms with Crippen LogP contribution in [0, 0.1) is 0 Å². The first kappa shape index (κ1) is 14.7. The Labute approximate surface area is 125 Å². The van der Waals surface area contributed by atoms with E-state index in [1.165, 1.54) is 0 Å². The molecule has 0 saturated carbocycles. The fourth-order valence-electron chi connectivity index (χ4n) is 1.72. The smallest absolute Gasteiger partial charge is 0.124 e. The van der Waals surface area contributed by atoms with Gasteiger partial charge in [-0.15, -0.1) is 0 Å². The lowest BCUT2D eigenvalue weighted by Gasteiger charge is -2.07. The standard InChI is InChI=1S/C17H19N3O/c1-3-21-17-11-9-16(10-12-17)20-14(2)18-13-19-15-7-5-4-6-8-15/h4-13,20H,2-3H2,1H3,(H,18,19). The molecule has 108 valence electrons. The van der Waals surface area contributed by atoms with Crippen molar-refractivity contribution >= 4 is 17.7 Å². The van der Waals surface area contributed by atoms with Crippen molar-refractivity contribution in [2.45, 2.75) is 6.92 Å². The monoisotopic (exact) mass is 281 g/mol. The van der Waals surface area contributed by atoms with Gasteiger partial charge < -0.3 is 15.4 Å². The summed E-state index contributed by atoms with van der Waals surface area (Å²) in [7, 11) is 0. The summed E-state index contributed by atoms with van der Waals surface area (Å²) in [6, 6.07) is 17.5. The highest BCUT2D eigenvalue weighted by Gasteiger charge is 1.95. The van der Waals surface area contributed by atoms with Crippen molar-refractivity contribution in [2.24, 2.45) is 4.99 Å². The Hall–Kier alpha value is -2.75. The molecule has 0 radical (unpaired) electrons. The number of benzene rings is 2. The van der Waals surface area contributed by atoms with Gasteiger partial charge in [0.2, 0.25) is 0 Å². The maximum Gasteiger partial charge on any atom is 0.124 e. The molecule has 2 aromatic carbocycles. The summed E-state index contributed by atoms with van der Waals surface area (Å²) in [6.45, 7) is 6.48. The van der Waals surface area contributed by atoms with E-state index in [4.69, 9.17) is 4.74 Å². The first-order valence-electron chi connectivity index (χ1n) is 6.81. The Bertz CT molecular complexity index is 591. The lowest BCUT2D eigenvalue weighted by atomic mass is 10.3. The molecule has 0 atom stereocenters. The van der Waals surface area contributed by atoms with E-state index in [0.717, 1.165) is 17.1 Å². The highest BCUT2D eigenvalue weighted by Crippen LogP contribution is 2.16. The van der Waals surface area contributed by atoms with Crippen LogP contribution in [0.25, 0.3) is 0 Å². The van der Waals surface area contributed by atoms with Gasteiger partial charge in [0.15, 0.2) is 0 Å². The average molecular weight is 281 g/mol. The van der Waals surface area contributed by atoms with E-state index in [9.17, 15) is 0 Å². The van der Waals surface area contributed by atoms with Crippen LogP contribution in [0.5, 0.6) is 5.75 Å². The molecule has 2 N–H and O–H groups in total. The van der Waals surface area contributed by atoms with Crippen LogP contribution in [-0.2, 0) is 0 Å². The van der Waals surface area contributed by atoms with Crippen molar-refractivity contribution in [3.63, 3.8) is 0 Å². The zero-order valence-corrected chi connectivity index (χ0v) is 12.0. The molecular weight excluding hydrogens is 262 g/mol. The maximum absolute atomic E-state index is 5.39. The van der Waals surface area contributed by atoms with Gasteiger partial charge in [0.05, 0.1) is 12.9 Å². The molecule has 2 rings (SSSR count). The molecule has 0 heterocycles. The average Bonchev–Trinajstić information content (AvgIpc) is 2.51. The Balaban J connectivity index is 1.83. The molecule has 0 unspecified atom stereocenters. The fourth-order valence-corrected chi connectivity index (χ4v) is 1.72. The van der Waals surface area contributed by atoms with Crippen molar-refractivity contribution in [1.82, 2.24) is 0 Å². The van der Waals surface area contributed by atoms with Gasteiger partial charge in [0.1, 0.15) is 11.6 Å². The van der Waals surface area contributed by atoms with Crippen LogP contribution >= 0.6 is 0 Å². The first-order chi connectivity index (χ1) is 10.3. The maximum atomic E-state index is 5.39. The molecule has 0 bridgehead atoms. The molecule has 4 nitrogen and oxygen atoms in total. The summed E-state index contributed by atoms with van der Waals surface area (Å²) in [4.78, 5) is 4.20. The number of nitrogens with one attached hydrogen (secondary N) is 2. The van der Waals surface area contributed by atoms with Crippen molar-refractivity contribution in [2.75, 3.05) is 17.2 Å². The Kier molecular flexibility index (Phi) is 5.41. The molecule has 0 aliphatic carbocycles. The zero-order valence-electron chi connectivity index (χ0n) is 12.0. The number of hydrogen-bond donors (Lipinski definition) is 2. The van der Waals surface area contributed by atoms with E-state index >= 15 is 0 Å². The Morgan fingerprint density at radius 2 is 1.81 bits per heavy atom. The molecule has 0 spiro atoms. The van der Waals surface area contributed by atoms with Gasteiger partial charge in [-0.2, -0.15) is 0 Å². The van der Waals surface area contributed by atoms with Crippen molar-refractivity contribution in [1.29, 1.82) is 0 Å². The van der Waals surface area contributed by atoms with E-state index < -0.39 is 0 Å². The highest BCUT2D eigenvalue weighted by molar-refractivity contribution is 5.76. The van der Waals surface area contributed by atoms with Gasteiger partial charge >= 0.3 is 0 Å². The minimum absolute atomic E-state index is 0.558. The van der Waals surface area contributed by atoms with Crippen molar-refractivity contribution in [3.8, 4) is 5.75 Å². The van der Waals surface area contributed by atoms with Crippen LogP contribution < -0.4 is 15.4 Å². The largest absolute Gasteiger partial charge is 0.494 e. The molecule has 0 fully saturated rings. The topological polar surface area (TPSA) is 45.7 Å². The number of nitrogens with zero attached hydrogens (tertiary/aromatic N) is 1. The van der Waals surface area contributed by atoms with Crippen LogP contribution in [0.1, 0.15) is 6.92 Å². The minimum Gasteiger partial charge on any atom is -0.494 e. The third kappa shape index (κ3) is 5.03. The lowest BCUT2D eigenvalue weighted by molar-refractivity contribution is 0.340. The molecular formula is C17H19N3O. The van der Waals surface area contributed by atoms with Gasteiger partial charge in [0, 0.05) is 11.4 Å². The third-order valence-electron chi connectivity index (χ3n) is 2.68. The summed E-state index contributed by atoms with van der Waals surface area (Å²) in [6.07, 6.45) is 1.61. The molecule has 0 amide bonds. The van der Waals surface area contributed by atoms with E-state index in [2.05, 4.69) is 22.2 Å². The van der Waals surface area contributed by atoms with E-state index in [0.29, 0.717) is 12.4 Å². The molecule has 21 heavy (non-hydrogen) atoms. The molecule has 0 aliphatic heterocycles. The number of rotatable bonds is 7. The van der Waals surface area contributed by atoms with Crippen LogP contribution in [0.4, 0.5) is 11.4 Å². The Morgan fingerprint density at radius 1 is 1.10 bits per heavy atom. The lowest BCUT2D eigenvalue weighted by Crippen LogP contribution is -2.00. The minimum atomic E-state index is 0.558. The molecule has 0 aromatic heterocycles. The second-order valence-electron chi connectivity index (χ2n) is 4.30. The van der Waals surface area contributed by atoms with Gasteiger partial charge in [-0.25, -0.2) is 4.99 Å². The Morgan fingerprint density at radius 3 is 2.48 bits per heavy atom. The SMILES string of the molecule is C=C(/N=C\Nc1ccccc1)Nc1ccc(OCC)cc1. The van der Waals surface area contributed by atoms with E-state index in [1.54, 1.807) is 6.34 Å². The summed E-state index contributed by atoms with van der Waals surface area (Å²) in [5.74, 6) is 1.41. The summed E-state index contributed by atoms with van der Waals surface area (Å²) in [5, 5.41) is 6.18. The van der Waals surface area contributed by atoms with Gasteiger partial charge in [-0.3, -0.25) is 0 Å². The summed E-state index contributed by atoms with van der Waals surface area (Å²) >= 11 is 0. The zero-order chi connectivity index (χ0) is 14.9. The fraction of sp³-hybridized carbons (Fsp3) is 0.118. The molecule has 0 saturated heterocycles. The van der Waals surface area contributed by atoms with Gasteiger partial charge in [0.25, 0.3) is 0 Å². The van der Waals surface area contributed by atoms with E-state index in [-0.39, 0.29) is 0 Å². The quantitative estimate of drug-likeness (QED) is 0.593.